The number of carboxylic acid groups (broad SMARTS) is 2. The summed E-state index contributed by atoms with van der Waals surface area (Å²) in [6, 6.07) is 0. The van der Waals surface area contributed by atoms with E-state index < -0.39 is 6.16 Å². The summed E-state index contributed by atoms with van der Waals surface area (Å²) in [5.74, 6) is 0. The average molecular weight is 257 g/mol. The molecule has 0 aromatic heterocycles. The summed E-state index contributed by atoms with van der Waals surface area (Å²) in [5, 5.41) is 13.9. The van der Waals surface area contributed by atoms with Crippen LogP contribution in [0.2, 0.25) is 0 Å². The SMILES string of the molecule is O=C(O)O.[Ba+2].[Fe].[H-].[H-]. The van der Waals surface area contributed by atoms with Gasteiger partial charge in [0.1, 0.15) is 0 Å². The molecule has 0 amide bonds. The Kier molecular flexibility index (Phi) is 25.1. The van der Waals surface area contributed by atoms with Gasteiger partial charge in [-0.05, 0) is 0 Å². The molecule has 0 bridgehead atoms. The van der Waals surface area contributed by atoms with E-state index in [0.29, 0.717) is 0 Å². The van der Waals surface area contributed by atoms with Gasteiger partial charge < -0.3 is 13.1 Å². The van der Waals surface area contributed by atoms with Crippen molar-refractivity contribution in [3.8, 4) is 0 Å². The summed E-state index contributed by atoms with van der Waals surface area (Å²) in [4.78, 5) is 8.56. The molecule has 0 saturated carbocycles. The molecule has 0 aliphatic carbocycles. The minimum atomic E-state index is -1.83. The van der Waals surface area contributed by atoms with Gasteiger partial charge in [0.2, 0.25) is 0 Å². The molecule has 0 heterocycles. The fourth-order valence-corrected chi connectivity index (χ4v) is 0. The van der Waals surface area contributed by atoms with Crippen LogP contribution in [0.1, 0.15) is 2.85 Å². The van der Waals surface area contributed by atoms with Gasteiger partial charge in [0.05, 0.1) is 0 Å². The van der Waals surface area contributed by atoms with Crippen LogP contribution in [0.3, 0.4) is 0 Å². The topological polar surface area (TPSA) is 57.5 Å². The van der Waals surface area contributed by atoms with Crippen molar-refractivity contribution in [2.75, 3.05) is 0 Å². The number of rotatable bonds is 0. The second-order valence-corrected chi connectivity index (χ2v) is 0.283. The third-order valence-corrected chi connectivity index (χ3v) is 0. The molecule has 0 aliphatic rings. The normalized spacial score (nSPS) is 4.00. The first-order valence-corrected chi connectivity index (χ1v) is 0.651. The van der Waals surface area contributed by atoms with E-state index in [1.165, 1.54) is 0 Å². The number of hydrogen-bond acceptors (Lipinski definition) is 1. The largest absolute Gasteiger partial charge is 2.00 e. The van der Waals surface area contributed by atoms with Crippen LogP contribution in [0.15, 0.2) is 0 Å². The first-order valence-electron chi connectivity index (χ1n) is 0.651. The second kappa shape index (κ2) is 9.61. The van der Waals surface area contributed by atoms with E-state index in [1.54, 1.807) is 0 Å². The fraction of sp³-hybridized carbons (Fsp3) is 0. The summed E-state index contributed by atoms with van der Waals surface area (Å²) in [6.07, 6.45) is -1.83. The van der Waals surface area contributed by atoms with Crippen LogP contribution in [0.5, 0.6) is 0 Å². The molecular formula is CH4BaFeO3. The van der Waals surface area contributed by atoms with Gasteiger partial charge in [-0.25, -0.2) is 4.79 Å². The zero-order valence-corrected chi connectivity index (χ0v) is 8.41. The Labute approximate surface area is 88.6 Å². The van der Waals surface area contributed by atoms with Gasteiger partial charge in [0.15, 0.2) is 0 Å². The molecule has 0 aromatic rings. The van der Waals surface area contributed by atoms with Gasteiger partial charge in [-0.3, -0.25) is 0 Å². The van der Waals surface area contributed by atoms with Crippen LogP contribution >= 0.6 is 0 Å². The molecule has 0 saturated heterocycles. The zero-order valence-electron chi connectivity index (χ0n) is 4.86. The molecule has 0 radical (unpaired) electrons. The molecule has 5 heteroatoms. The van der Waals surface area contributed by atoms with Crippen LogP contribution in [-0.4, -0.2) is 65.2 Å². The van der Waals surface area contributed by atoms with Crippen LogP contribution in [-0.2, 0) is 17.1 Å². The van der Waals surface area contributed by atoms with Gasteiger partial charge in [-0.15, -0.1) is 0 Å². The van der Waals surface area contributed by atoms with E-state index in [0.717, 1.165) is 0 Å². The summed E-state index contributed by atoms with van der Waals surface area (Å²) in [5.41, 5.74) is 0. The molecule has 0 fully saturated rings. The van der Waals surface area contributed by atoms with Gasteiger partial charge in [0, 0.05) is 17.1 Å². The summed E-state index contributed by atoms with van der Waals surface area (Å²) < 4.78 is 0. The van der Waals surface area contributed by atoms with Crippen molar-refractivity contribution in [3.05, 3.63) is 0 Å². The van der Waals surface area contributed by atoms with Crippen LogP contribution in [0, 0.1) is 0 Å². The third kappa shape index (κ3) is 55.0. The Morgan fingerprint density at radius 3 is 1.50 bits per heavy atom. The van der Waals surface area contributed by atoms with Crippen molar-refractivity contribution in [3.63, 3.8) is 0 Å². The molecular weight excluding hydrogens is 253 g/mol. The maximum absolute atomic E-state index is 8.56. The average Bonchev–Trinajstić information content (AvgIpc) is 0.811. The van der Waals surface area contributed by atoms with Gasteiger partial charge in [0.25, 0.3) is 0 Å². The van der Waals surface area contributed by atoms with Crippen molar-refractivity contribution >= 4 is 55.0 Å². The molecule has 6 heavy (non-hydrogen) atoms. The second-order valence-electron chi connectivity index (χ2n) is 0.283. The van der Waals surface area contributed by atoms with E-state index in [2.05, 4.69) is 0 Å². The standard InChI is InChI=1S/CH2O3.Ba.Fe.2H/c2-1(3)4;;;;/h(H2,2,3,4);;;;/q;+2;;2*-1. The summed E-state index contributed by atoms with van der Waals surface area (Å²) in [7, 11) is 0. The van der Waals surface area contributed by atoms with Crippen LogP contribution in [0.25, 0.3) is 0 Å². The Morgan fingerprint density at radius 1 is 1.50 bits per heavy atom. The van der Waals surface area contributed by atoms with E-state index in [4.69, 9.17) is 15.0 Å². The van der Waals surface area contributed by atoms with Crippen molar-refractivity contribution in [1.29, 1.82) is 0 Å². The number of carbonyl (C=O) groups is 1. The predicted molar refractivity (Wildman–Crippen MR) is 18.6 cm³/mol. The Bertz CT molecular complexity index is 40.3. The van der Waals surface area contributed by atoms with E-state index >= 15 is 0 Å². The minimum Gasteiger partial charge on any atom is -1.00 e. The molecule has 36 valence electrons. The number of hydrogen-bond donors (Lipinski definition) is 2. The van der Waals surface area contributed by atoms with Crippen molar-refractivity contribution in [1.82, 2.24) is 0 Å². The minimum absolute atomic E-state index is 0. The van der Waals surface area contributed by atoms with E-state index in [1.807, 2.05) is 0 Å². The quantitative estimate of drug-likeness (QED) is 0.603. The first-order chi connectivity index (χ1) is 1.73. The van der Waals surface area contributed by atoms with Crippen molar-refractivity contribution < 1.29 is 34.9 Å². The fourth-order valence-electron chi connectivity index (χ4n) is 0. The Morgan fingerprint density at radius 2 is 1.50 bits per heavy atom. The monoisotopic (exact) mass is 258 g/mol. The zero-order chi connectivity index (χ0) is 3.58. The van der Waals surface area contributed by atoms with Gasteiger partial charge in [-0.2, -0.15) is 0 Å². The first kappa shape index (κ1) is 15.7. The van der Waals surface area contributed by atoms with Gasteiger partial charge >= 0.3 is 55.0 Å². The third-order valence-electron chi connectivity index (χ3n) is 0. The molecule has 0 unspecified atom stereocenters. The molecule has 3 nitrogen and oxygen atoms in total. The summed E-state index contributed by atoms with van der Waals surface area (Å²) >= 11 is 0. The van der Waals surface area contributed by atoms with Gasteiger partial charge in [-0.1, -0.05) is 0 Å². The molecule has 0 spiro atoms. The van der Waals surface area contributed by atoms with Crippen LogP contribution in [0.4, 0.5) is 4.79 Å². The molecule has 0 aromatic carbocycles. The molecule has 2 N–H and O–H groups in total. The predicted octanol–water partition coefficient (Wildman–Crippen LogP) is 0.0641. The molecule has 0 aliphatic heterocycles. The maximum atomic E-state index is 8.56. The van der Waals surface area contributed by atoms with Crippen LogP contribution < -0.4 is 0 Å². The Balaban J connectivity index is -0.00000000750. The molecule has 0 atom stereocenters. The van der Waals surface area contributed by atoms with Crippen molar-refractivity contribution in [2.45, 2.75) is 0 Å². The smallest absolute Gasteiger partial charge is 1.00 e. The van der Waals surface area contributed by atoms with Crippen molar-refractivity contribution in [2.24, 2.45) is 0 Å². The molecule has 0 rings (SSSR count). The van der Waals surface area contributed by atoms with E-state index in [9.17, 15) is 0 Å². The van der Waals surface area contributed by atoms with E-state index in [-0.39, 0.29) is 68.8 Å². The summed E-state index contributed by atoms with van der Waals surface area (Å²) in [6.45, 7) is 0. The Hall–Kier alpha value is 1.36. The maximum Gasteiger partial charge on any atom is 2.00 e.